The molecule has 0 saturated carbocycles. The number of aromatic nitrogens is 4. The van der Waals surface area contributed by atoms with Crippen LogP contribution in [0.3, 0.4) is 0 Å². The number of aryl methyl sites for hydroxylation is 6. The maximum Gasteiger partial charge on any atom is 0.118 e. The van der Waals surface area contributed by atoms with Gasteiger partial charge in [-0.15, -0.1) is 0 Å². The Balaban J connectivity index is 2.00. The van der Waals surface area contributed by atoms with E-state index in [9.17, 15) is 0 Å². The van der Waals surface area contributed by atoms with Gasteiger partial charge in [-0.3, -0.25) is 0 Å². The first kappa shape index (κ1) is 44.1. The minimum atomic E-state index is 1.01. The molecule has 4 heteroatoms. The molecule has 0 spiro atoms. The molecule has 2 aromatic heterocycles. The second-order valence-electron chi connectivity index (χ2n) is 16.7. The predicted molar refractivity (Wildman–Crippen MR) is 237 cm³/mol. The SMILES string of the molecule is CCCCCCc1cc2c(cc1CCCCCC)c1nc(CCCCCC)c(CCCCCC)nc1c1nc(CCCCCC)c(CCCCCC)nc21. The van der Waals surface area contributed by atoms with Gasteiger partial charge in [0.05, 0.1) is 33.8 Å². The molecule has 0 amide bonds. The molecule has 2 aromatic carbocycles. The van der Waals surface area contributed by atoms with E-state index < -0.39 is 0 Å². The number of unbranched alkanes of at least 4 members (excludes halogenated alkanes) is 18. The standard InChI is InChI=1S/C50H80N4/c1-7-13-19-25-31-39-37-41-42(38-40(39)32-26-20-14-8-2)48-50(54-46(36-30-24-18-12-6)44(52-48)34-28-22-16-10-4)49-47(41)51-43(33-27-21-15-9-3)45(53-49)35-29-23-17-11-5/h37-38H,7-36H2,1-6H3. The fourth-order valence-corrected chi connectivity index (χ4v) is 8.42. The third-order valence-corrected chi connectivity index (χ3v) is 11.8. The zero-order valence-corrected chi connectivity index (χ0v) is 36.2. The van der Waals surface area contributed by atoms with Crippen molar-refractivity contribution < 1.29 is 0 Å². The molecular formula is C50H80N4. The quantitative estimate of drug-likeness (QED) is 0.0395. The van der Waals surface area contributed by atoms with Crippen molar-refractivity contribution in [2.75, 3.05) is 0 Å². The summed E-state index contributed by atoms with van der Waals surface area (Å²) in [5.74, 6) is 0. The maximum atomic E-state index is 5.70. The minimum Gasteiger partial charge on any atom is -0.249 e. The van der Waals surface area contributed by atoms with E-state index in [4.69, 9.17) is 19.9 Å². The summed E-state index contributed by atoms with van der Waals surface area (Å²) < 4.78 is 0. The number of hydrogen-bond donors (Lipinski definition) is 0. The van der Waals surface area contributed by atoms with Gasteiger partial charge < -0.3 is 0 Å². The third kappa shape index (κ3) is 13.3. The van der Waals surface area contributed by atoms with Crippen molar-refractivity contribution in [3.8, 4) is 0 Å². The number of fused-ring (bicyclic) bond motifs is 6. The second-order valence-corrected chi connectivity index (χ2v) is 16.7. The molecule has 0 aliphatic carbocycles. The maximum absolute atomic E-state index is 5.70. The summed E-state index contributed by atoms with van der Waals surface area (Å²) in [6, 6.07) is 5.10. The van der Waals surface area contributed by atoms with Gasteiger partial charge in [-0.25, -0.2) is 19.9 Å². The van der Waals surface area contributed by atoms with Crippen LogP contribution in [-0.4, -0.2) is 19.9 Å². The van der Waals surface area contributed by atoms with Crippen molar-refractivity contribution >= 4 is 32.8 Å². The highest BCUT2D eigenvalue weighted by molar-refractivity contribution is 6.21. The Morgan fingerprint density at radius 2 is 0.519 bits per heavy atom. The molecular weight excluding hydrogens is 657 g/mol. The fraction of sp³-hybridized carbons (Fsp3) is 0.720. The molecule has 300 valence electrons. The number of nitrogens with zero attached hydrogens (tertiary/aromatic N) is 4. The first-order valence-corrected chi connectivity index (χ1v) is 23.6. The molecule has 0 saturated heterocycles. The van der Waals surface area contributed by atoms with Crippen molar-refractivity contribution in [1.82, 2.24) is 19.9 Å². The molecule has 0 bridgehead atoms. The average Bonchev–Trinajstić information content (AvgIpc) is 3.19. The smallest absolute Gasteiger partial charge is 0.118 e. The fourth-order valence-electron chi connectivity index (χ4n) is 8.42. The van der Waals surface area contributed by atoms with Gasteiger partial charge in [0.25, 0.3) is 0 Å². The molecule has 0 atom stereocenters. The van der Waals surface area contributed by atoms with Gasteiger partial charge in [-0.05, 0) is 100 Å². The van der Waals surface area contributed by atoms with Crippen molar-refractivity contribution in [2.45, 2.75) is 234 Å². The van der Waals surface area contributed by atoms with Gasteiger partial charge in [-0.2, -0.15) is 0 Å². The summed E-state index contributed by atoms with van der Waals surface area (Å²) in [5, 5.41) is 2.53. The Morgan fingerprint density at radius 3 is 0.778 bits per heavy atom. The van der Waals surface area contributed by atoms with Crippen LogP contribution in [0.15, 0.2) is 12.1 Å². The molecule has 2 heterocycles. The van der Waals surface area contributed by atoms with Crippen LogP contribution in [0.25, 0.3) is 32.8 Å². The second kappa shape index (κ2) is 25.5. The lowest BCUT2D eigenvalue weighted by molar-refractivity contribution is 0.638. The minimum absolute atomic E-state index is 1.01. The van der Waals surface area contributed by atoms with Gasteiger partial charge in [-0.1, -0.05) is 157 Å². The third-order valence-electron chi connectivity index (χ3n) is 11.8. The Labute approximate surface area is 331 Å². The molecule has 4 rings (SSSR count). The first-order valence-electron chi connectivity index (χ1n) is 23.6. The molecule has 54 heavy (non-hydrogen) atoms. The summed E-state index contributed by atoms with van der Waals surface area (Å²) in [6.07, 6.45) is 36.6. The molecule has 0 N–H and O–H groups in total. The zero-order valence-electron chi connectivity index (χ0n) is 36.2. The molecule has 0 fully saturated rings. The highest BCUT2D eigenvalue weighted by Crippen LogP contribution is 2.36. The van der Waals surface area contributed by atoms with E-state index in [2.05, 4.69) is 53.7 Å². The van der Waals surface area contributed by atoms with Crippen molar-refractivity contribution in [2.24, 2.45) is 0 Å². The Kier molecular flexibility index (Phi) is 20.8. The van der Waals surface area contributed by atoms with Crippen LogP contribution in [0.2, 0.25) is 0 Å². The number of benzene rings is 2. The normalized spacial score (nSPS) is 11.9. The van der Waals surface area contributed by atoms with E-state index in [1.54, 1.807) is 0 Å². The van der Waals surface area contributed by atoms with Crippen LogP contribution >= 0.6 is 0 Å². The summed E-state index contributed by atoms with van der Waals surface area (Å²) in [4.78, 5) is 22.7. The monoisotopic (exact) mass is 737 g/mol. The lowest BCUT2D eigenvalue weighted by Crippen LogP contribution is -2.08. The van der Waals surface area contributed by atoms with E-state index in [0.717, 1.165) is 60.6 Å². The number of rotatable bonds is 30. The van der Waals surface area contributed by atoms with Crippen LogP contribution in [0.5, 0.6) is 0 Å². The average molecular weight is 737 g/mol. The largest absolute Gasteiger partial charge is 0.249 e. The van der Waals surface area contributed by atoms with Crippen LogP contribution in [0.1, 0.15) is 230 Å². The van der Waals surface area contributed by atoms with Crippen LogP contribution in [0, 0.1) is 0 Å². The zero-order chi connectivity index (χ0) is 38.4. The Bertz CT molecular complexity index is 1310. The summed E-state index contributed by atoms with van der Waals surface area (Å²) in [5.41, 5.74) is 12.2. The predicted octanol–water partition coefficient (Wildman–Crippen LogP) is 15.5. The van der Waals surface area contributed by atoms with E-state index >= 15 is 0 Å². The summed E-state index contributed by atoms with van der Waals surface area (Å²) >= 11 is 0. The first-order chi connectivity index (χ1) is 26.6. The molecule has 4 nitrogen and oxygen atoms in total. The van der Waals surface area contributed by atoms with E-state index in [1.807, 2.05) is 0 Å². The van der Waals surface area contributed by atoms with Crippen molar-refractivity contribution in [1.29, 1.82) is 0 Å². The van der Waals surface area contributed by atoms with Crippen LogP contribution in [0.4, 0.5) is 0 Å². The van der Waals surface area contributed by atoms with Crippen LogP contribution in [-0.2, 0) is 38.5 Å². The molecule has 0 aliphatic rings. The van der Waals surface area contributed by atoms with E-state index in [1.165, 1.54) is 199 Å². The summed E-state index contributed by atoms with van der Waals surface area (Å²) in [6.45, 7) is 13.9. The van der Waals surface area contributed by atoms with Gasteiger partial charge in [0.2, 0.25) is 0 Å². The molecule has 0 unspecified atom stereocenters. The molecule has 0 radical (unpaired) electrons. The highest BCUT2D eigenvalue weighted by atomic mass is 14.9. The van der Waals surface area contributed by atoms with E-state index in [-0.39, 0.29) is 0 Å². The molecule has 0 aliphatic heterocycles. The lowest BCUT2D eigenvalue weighted by atomic mass is 9.91. The van der Waals surface area contributed by atoms with Gasteiger partial charge >= 0.3 is 0 Å². The summed E-state index contributed by atoms with van der Waals surface area (Å²) in [7, 11) is 0. The van der Waals surface area contributed by atoms with Crippen molar-refractivity contribution in [3.63, 3.8) is 0 Å². The van der Waals surface area contributed by atoms with Crippen LogP contribution < -0.4 is 0 Å². The number of hydrogen-bond acceptors (Lipinski definition) is 4. The van der Waals surface area contributed by atoms with Crippen molar-refractivity contribution in [3.05, 3.63) is 46.0 Å². The van der Waals surface area contributed by atoms with Gasteiger partial charge in [0, 0.05) is 10.8 Å². The van der Waals surface area contributed by atoms with E-state index in [0.29, 0.717) is 0 Å². The molecule has 4 aromatic rings. The Hall–Kier alpha value is -2.62. The lowest BCUT2D eigenvalue weighted by Gasteiger charge is -2.18. The topological polar surface area (TPSA) is 51.6 Å². The van der Waals surface area contributed by atoms with Gasteiger partial charge in [0.1, 0.15) is 11.0 Å². The highest BCUT2D eigenvalue weighted by Gasteiger charge is 2.21. The Morgan fingerprint density at radius 1 is 0.278 bits per heavy atom. The van der Waals surface area contributed by atoms with Gasteiger partial charge in [0.15, 0.2) is 0 Å².